The maximum atomic E-state index is 12.7. The quantitative estimate of drug-likeness (QED) is 0.317. The van der Waals surface area contributed by atoms with E-state index in [-0.39, 0.29) is 41.9 Å². The first-order valence-electron chi connectivity index (χ1n) is 10.9. The van der Waals surface area contributed by atoms with Crippen LogP contribution in [0.5, 0.6) is 0 Å². The van der Waals surface area contributed by atoms with Crippen molar-refractivity contribution in [3.05, 3.63) is 0 Å². The zero-order valence-electron chi connectivity index (χ0n) is 17.7. The monoisotopic (exact) mass is 545 g/mol. The Hall–Kier alpha value is -0.780. The minimum Gasteiger partial charge on any atom is -0.356 e. The van der Waals surface area contributed by atoms with Crippen LogP contribution in [0.4, 0.5) is 13.2 Å². The molecule has 0 aromatic heterocycles. The van der Waals surface area contributed by atoms with E-state index in [1.807, 2.05) is 4.90 Å². The first-order chi connectivity index (χ1) is 13.8. The summed E-state index contributed by atoms with van der Waals surface area (Å²) >= 11 is 0. The molecule has 1 saturated carbocycles. The third kappa shape index (κ3) is 7.72. The van der Waals surface area contributed by atoms with E-state index in [2.05, 4.69) is 15.6 Å². The lowest BCUT2D eigenvalue weighted by Gasteiger charge is -2.26. The number of likely N-dealkylation sites (tertiary alicyclic amines) is 2. The van der Waals surface area contributed by atoms with Crippen LogP contribution in [0.1, 0.15) is 44.9 Å². The van der Waals surface area contributed by atoms with Gasteiger partial charge in [0.1, 0.15) is 0 Å². The Bertz CT molecular complexity index is 583. The fourth-order valence-corrected chi connectivity index (χ4v) is 4.79. The lowest BCUT2D eigenvalue weighted by molar-refractivity contribution is -0.143. The molecule has 2 saturated heterocycles. The van der Waals surface area contributed by atoms with E-state index in [0.717, 1.165) is 45.1 Å². The number of nitrogens with one attached hydrogen (secondary N) is 2. The van der Waals surface area contributed by atoms with Crippen molar-refractivity contribution in [3.8, 4) is 0 Å². The summed E-state index contributed by atoms with van der Waals surface area (Å²) in [7, 11) is 1.69. The van der Waals surface area contributed by atoms with E-state index in [1.54, 1.807) is 7.05 Å². The Kier molecular flexibility index (Phi) is 9.96. The number of halogens is 4. The molecule has 10 heteroatoms. The van der Waals surface area contributed by atoms with Gasteiger partial charge in [-0.05, 0) is 38.1 Å². The highest BCUT2D eigenvalue weighted by Gasteiger charge is 2.35. The van der Waals surface area contributed by atoms with Crippen molar-refractivity contribution in [1.29, 1.82) is 0 Å². The van der Waals surface area contributed by atoms with E-state index in [9.17, 15) is 18.0 Å². The highest BCUT2D eigenvalue weighted by Crippen LogP contribution is 2.27. The summed E-state index contributed by atoms with van der Waals surface area (Å²) in [6.45, 7) is 2.18. The second kappa shape index (κ2) is 11.7. The Balaban J connectivity index is 0.00000320. The van der Waals surface area contributed by atoms with Crippen LogP contribution in [0.3, 0.4) is 0 Å². The fourth-order valence-electron chi connectivity index (χ4n) is 4.79. The number of guanidine groups is 1. The molecule has 1 aliphatic carbocycles. The number of nitrogens with zero attached hydrogens (tertiary/aromatic N) is 3. The van der Waals surface area contributed by atoms with Gasteiger partial charge < -0.3 is 15.5 Å². The summed E-state index contributed by atoms with van der Waals surface area (Å²) in [6, 6.07) is 0.166. The van der Waals surface area contributed by atoms with Crippen LogP contribution in [0.15, 0.2) is 4.99 Å². The number of amides is 1. The molecule has 3 aliphatic rings. The maximum Gasteiger partial charge on any atom is 0.401 e. The predicted molar refractivity (Wildman–Crippen MR) is 122 cm³/mol. The third-order valence-electron chi connectivity index (χ3n) is 6.35. The number of hydrogen-bond acceptors (Lipinski definition) is 3. The van der Waals surface area contributed by atoms with Crippen LogP contribution in [0.25, 0.3) is 0 Å². The van der Waals surface area contributed by atoms with Crippen LogP contribution in [0, 0.1) is 11.8 Å². The largest absolute Gasteiger partial charge is 0.401 e. The molecule has 3 rings (SSSR count). The zero-order valence-corrected chi connectivity index (χ0v) is 20.0. The van der Waals surface area contributed by atoms with Crippen LogP contribution in [0.2, 0.25) is 0 Å². The summed E-state index contributed by atoms with van der Waals surface area (Å²) in [4.78, 5) is 20.4. The molecule has 6 nitrogen and oxygen atoms in total. The van der Waals surface area contributed by atoms with Crippen molar-refractivity contribution in [2.24, 2.45) is 16.8 Å². The number of alkyl halides is 3. The summed E-state index contributed by atoms with van der Waals surface area (Å²) in [5, 5.41) is 6.63. The Morgan fingerprint density at radius 1 is 1.07 bits per heavy atom. The highest BCUT2D eigenvalue weighted by atomic mass is 127. The molecule has 0 bridgehead atoms. The molecule has 0 aromatic carbocycles. The molecule has 0 aromatic rings. The van der Waals surface area contributed by atoms with Crippen LogP contribution >= 0.6 is 24.0 Å². The van der Waals surface area contributed by atoms with Crippen molar-refractivity contribution in [3.63, 3.8) is 0 Å². The van der Waals surface area contributed by atoms with Gasteiger partial charge in [-0.3, -0.25) is 14.7 Å². The molecule has 2 heterocycles. The van der Waals surface area contributed by atoms with Crippen molar-refractivity contribution >= 4 is 35.8 Å². The molecule has 1 amide bonds. The zero-order chi connectivity index (χ0) is 20.9. The molecule has 2 unspecified atom stereocenters. The lowest BCUT2D eigenvalue weighted by atomic mass is 9.88. The highest BCUT2D eigenvalue weighted by molar-refractivity contribution is 14.0. The Morgan fingerprint density at radius 3 is 2.47 bits per heavy atom. The van der Waals surface area contributed by atoms with Gasteiger partial charge in [-0.1, -0.05) is 19.3 Å². The van der Waals surface area contributed by atoms with E-state index < -0.39 is 12.7 Å². The van der Waals surface area contributed by atoms with E-state index in [4.69, 9.17) is 0 Å². The molecular formula is C20H35F3IN5O. The number of carbonyl (C=O) groups excluding carboxylic acids is 1. The van der Waals surface area contributed by atoms with Gasteiger partial charge in [0.25, 0.3) is 0 Å². The van der Waals surface area contributed by atoms with Crippen molar-refractivity contribution in [2.75, 3.05) is 46.3 Å². The van der Waals surface area contributed by atoms with Gasteiger partial charge in [-0.15, -0.1) is 24.0 Å². The first kappa shape index (κ1) is 25.5. The van der Waals surface area contributed by atoms with Gasteiger partial charge >= 0.3 is 6.18 Å². The van der Waals surface area contributed by atoms with Crippen molar-refractivity contribution < 1.29 is 18.0 Å². The molecular weight excluding hydrogens is 510 g/mol. The van der Waals surface area contributed by atoms with Crippen LogP contribution in [-0.2, 0) is 4.79 Å². The Morgan fingerprint density at radius 2 is 1.80 bits per heavy atom. The Labute approximate surface area is 194 Å². The molecule has 30 heavy (non-hydrogen) atoms. The van der Waals surface area contributed by atoms with Gasteiger partial charge in [0, 0.05) is 45.2 Å². The van der Waals surface area contributed by atoms with Gasteiger partial charge in [0.05, 0.1) is 6.54 Å². The second-order valence-corrected chi connectivity index (χ2v) is 8.71. The first-order valence-corrected chi connectivity index (χ1v) is 10.9. The third-order valence-corrected chi connectivity index (χ3v) is 6.35. The van der Waals surface area contributed by atoms with Crippen LogP contribution in [-0.4, -0.2) is 80.2 Å². The molecule has 0 spiro atoms. The normalized spacial score (nSPS) is 26.5. The molecule has 3 fully saturated rings. The second-order valence-electron chi connectivity index (χ2n) is 8.71. The standard InChI is InChI=1S/C20H34F3N5O.HI/c1-24-19(25-11-15-7-9-27(12-15)14-20(21,22)23)26-17-8-10-28(13-17)18(29)16-5-3-2-4-6-16;/h15-17H,2-14H2,1H3,(H2,24,25,26);1H. The predicted octanol–water partition coefficient (Wildman–Crippen LogP) is 2.83. The van der Waals surface area contributed by atoms with Gasteiger partial charge in [0.2, 0.25) is 5.91 Å². The summed E-state index contributed by atoms with van der Waals surface area (Å²) in [6.07, 6.45) is 3.10. The van der Waals surface area contributed by atoms with Crippen molar-refractivity contribution in [2.45, 2.75) is 57.2 Å². The number of hydrogen-bond donors (Lipinski definition) is 2. The summed E-state index contributed by atoms with van der Waals surface area (Å²) in [5.74, 6) is 1.34. The smallest absolute Gasteiger partial charge is 0.356 e. The molecule has 0 radical (unpaired) electrons. The van der Waals surface area contributed by atoms with Crippen LogP contribution < -0.4 is 10.6 Å². The van der Waals surface area contributed by atoms with Gasteiger partial charge in [-0.25, -0.2) is 0 Å². The molecule has 2 N–H and O–H groups in total. The van der Waals surface area contributed by atoms with Gasteiger partial charge in [-0.2, -0.15) is 13.2 Å². The number of aliphatic imine (C=N–C) groups is 1. The summed E-state index contributed by atoms with van der Waals surface area (Å²) in [5.41, 5.74) is 0. The maximum absolute atomic E-state index is 12.7. The molecule has 2 atom stereocenters. The summed E-state index contributed by atoms with van der Waals surface area (Å²) < 4.78 is 37.6. The lowest BCUT2D eigenvalue weighted by Crippen LogP contribution is -2.47. The van der Waals surface area contributed by atoms with E-state index >= 15 is 0 Å². The molecule has 2 aliphatic heterocycles. The minimum absolute atomic E-state index is 0. The SMILES string of the molecule is CN=C(NCC1CCN(CC(F)(F)F)C1)NC1CCN(C(=O)C2CCCCC2)C1.I. The number of carbonyl (C=O) groups is 1. The van der Waals surface area contributed by atoms with E-state index in [0.29, 0.717) is 38.0 Å². The average molecular weight is 545 g/mol. The topological polar surface area (TPSA) is 60.0 Å². The van der Waals surface area contributed by atoms with E-state index in [1.165, 1.54) is 11.3 Å². The molecule has 174 valence electrons. The number of rotatable bonds is 5. The van der Waals surface area contributed by atoms with Crippen molar-refractivity contribution in [1.82, 2.24) is 20.4 Å². The fraction of sp³-hybridized carbons (Fsp3) is 0.900. The minimum atomic E-state index is -4.14. The average Bonchev–Trinajstić information content (AvgIpc) is 3.33. The van der Waals surface area contributed by atoms with Gasteiger partial charge in [0.15, 0.2) is 5.96 Å².